The van der Waals surface area contributed by atoms with Crippen molar-refractivity contribution in [1.82, 2.24) is 5.32 Å². The maximum Gasteiger partial charge on any atom is 0.312 e. The fourth-order valence-corrected chi connectivity index (χ4v) is 2.39. The van der Waals surface area contributed by atoms with E-state index in [1.807, 2.05) is 0 Å². The molecule has 0 saturated carbocycles. The van der Waals surface area contributed by atoms with Crippen molar-refractivity contribution in [3.05, 3.63) is 28.3 Å². The number of nitro benzene ring substituents is 1. The van der Waals surface area contributed by atoms with Crippen molar-refractivity contribution >= 4 is 17.3 Å². The first-order chi connectivity index (χ1) is 9.58. The summed E-state index contributed by atoms with van der Waals surface area (Å²) in [6.07, 6.45) is 1.64. The molecule has 1 fully saturated rings. The van der Waals surface area contributed by atoms with Crippen LogP contribution in [0.1, 0.15) is 12.8 Å². The lowest BCUT2D eigenvalue weighted by Crippen LogP contribution is -2.49. The zero-order valence-corrected chi connectivity index (χ0v) is 11.5. The zero-order valence-electron chi connectivity index (χ0n) is 11.5. The molecular formula is C13H17N3O4. The van der Waals surface area contributed by atoms with E-state index in [0.29, 0.717) is 12.2 Å². The van der Waals surface area contributed by atoms with E-state index in [-0.39, 0.29) is 23.4 Å². The van der Waals surface area contributed by atoms with E-state index in [9.17, 15) is 14.9 Å². The summed E-state index contributed by atoms with van der Waals surface area (Å²) in [6, 6.07) is 4.34. The molecule has 7 heteroatoms. The number of hydrogen-bond donors (Lipinski definition) is 1. The maximum atomic E-state index is 12.3. The van der Waals surface area contributed by atoms with E-state index < -0.39 is 4.92 Å². The molecule has 7 nitrogen and oxygen atoms in total. The number of piperidine rings is 1. The highest BCUT2D eigenvalue weighted by Crippen LogP contribution is 2.32. The monoisotopic (exact) mass is 279 g/mol. The third-order valence-electron chi connectivity index (χ3n) is 3.46. The van der Waals surface area contributed by atoms with Gasteiger partial charge in [-0.3, -0.25) is 14.9 Å². The van der Waals surface area contributed by atoms with E-state index in [1.54, 1.807) is 18.0 Å². The van der Waals surface area contributed by atoms with Gasteiger partial charge >= 0.3 is 5.69 Å². The predicted octanol–water partition coefficient (Wildman–Crippen LogP) is 1.32. The molecule has 1 saturated heterocycles. The molecule has 0 spiro atoms. The molecule has 1 heterocycles. The van der Waals surface area contributed by atoms with Gasteiger partial charge in [0.15, 0.2) is 5.75 Å². The second kappa shape index (κ2) is 5.87. The molecule has 1 aromatic carbocycles. The van der Waals surface area contributed by atoms with Crippen LogP contribution in [0.3, 0.4) is 0 Å². The zero-order chi connectivity index (χ0) is 14.7. The van der Waals surface area contributed by atoms with Crippen molar-refractivity contribution in [2.75, 3.05) is 25.6 Å². The lowest BCUT2D eigenvalue weighted by atomic mass is 10.0. The summed E-state index contributed by atoms with van der Waals surface area (Å²) in [6.45, 7) is 0.570. The summed E-state index contributed by atoms with van der Waals surface area (Å²) >= 11 is 0. The first-order valence-corrected chi connectivity index (χ1v) is 6.39. The second-order valence-corrected chi connectivity index (χ2v) is 4.59. The standard InChI is InChI=1S/C13H17N3O4/c1-14-10-4-3-7-15(13(10)17)9-5-6-12(20-2)11(8-9)16(18)19/h5-6,8,10,14H,3-4,7H2,1-2H3. The van der Waals surface area contributed by atoms with Gasteiger partial charge in [-0.2, -0.15) is 0 Å². The van der Waals surface area contributed by atoms with Crippen molar-refractivity contribution in [3.63, 3.8) is 0 Å². The average molecular weight is 279 g/mol. The van der Waals surface area contributed by atoms with Crippen LogP contribution < -0.4 is 15.0 Å². The Morgan fingerprint density at radius 2 is 2.25 bits per heavy atom. The van der Waals surface area contributed by atoms with E-state index >= 15 is 0 Å². The average Bonchev–Trinajstić information content (AvgIpc) is 2.46. The summed E-state index contributed by atoms with van der Waals surface area (Å²) in [4.78, 5) is 24.4. The number of rotatable bonds is 4. The highest BCUT2D eigenvalue weighted by Gasteiger charge is 2.29. The molecule has 1 amide bonds. The van der Waals surface area contributed by atoms with Crippen LogP contribution in [-0.2, 0) is 4.79 Å². The summed E-state index contributed by atoms with van der Waals surface area (Å²) in [7, 11) is 3.12. The van der Waals surface area contributed by atoms with E-state index in [0.717, 1.165) is 12.8 Å². The summed E-state index contributed by atoms with van der Waals surface area (Å²) in [5, 5.41) is 14.0. The molecule has 1 unspecified atom stereocenters. The molecular weight excluding hydrogens is 262 g/mol. The van der Waals surface area contributed by atoms with Crippen molar-refractivity contribution in [3.8, 4) is 5.75 Å². The van der Waals surface area contributed by atoms with Gasteiger partial charge < -0.3 is 15.0 Å². The molecule has 1 atom stereocenters. The van der Waals surface area contributed by atoms with Gasteiger partial charge in [-0.25, -0.2) is 0 Å². The number of nitrogens with one attached hydrogen (secondary N) is 1. The van der Waals surface area contributed by atoms with Gasteiger partial charge in [0.25, 0.3) is 0 Å². The quantitative estimate of drug-likeness (QED) is 0.663. The van der Waals surface area contributed by atoms with Gasteiger partial charge in [-0.05, 0) is 32.0 Å². The predicted molar refractivity (Wildman–Crippen MR) is 74.1 cm³/mol. The minimum Gasteiger partial charge on any atom is -0.490 e. The van der Waals surface area contributed by atoms with Crippen molar-refractivity contribution < 1.29 is 14.5 Å². The van der Waals surface area contributed by atoms with Crippen LogP contribution >= 0.6 is 0 Å². The van der Waals surface area contributed by atoms with Gasteiger partial charge in [0.05, 0.1) is 23.8 Å². The molecule has 108 valence electrons. The van der Waals surface area contributed by atoms with Crippen LogP contribution in [-0.4, -0.2) is 37.6 Å². The van der Waals surface area contributed by atoms with Crippen LogP contribution in [0.15, 0.2) is 18.2 Å². The van der Waals surface area contributed by atoms with Gasteiger partial charge in [0.1, 0.15) is 0 Å². The number of nitro groups is 1. The molecule has 20 heavy (non-hydrogen) atoms. The normalized spacial score (nSPS) is 19.0. The van der Waals surface area contributed by atoms with Gasteiger partial charge in [-0.1, -0.05) is 0 Å². The lowest BCUT2D eigenvalue weighted by molar-refractivity contribution is -0.385. The number of amides is 1. The van der Waals surface area contributed by atoms with Gasteiger partial charge in [0, 0.05) is 12.6 Å². The number of likely N-dealkylation sites (N-methyl/N-ethyl adjacent to an activating group) is 1. The molecule has 1 aromatic rings. The molecule has 1 aliphatic heterocycles. The number of benzene rings is 1. The number of anilines is 1. The smallest absolute Gasteiger partial charge is 0.312 e. The molecule has 2 rings (SSSR count). The number of carbonyl (C=O) groups is 1. The SMILES string of the molecule is CNC1CCCN(c2ccc(OC)c([N+](=O)[O-])c2)C1=O. The summed E-state index contributed by atoms with van der Waals surface area (Å²) < 4.78 is 4.96. The number of hydrogen-bond acceptors (Lipinski definition) is 5. The Bertz CT molecular complexity index is 532. The van der Waals surface area contributed by atoms with Crippen molar-refractivity contribution in [2.24, 2.45) is 0 Å². The largest absolute Gasteiger partial charge is 0.490 e. The Labute approximate surface area is 116 Å². The minimum atomic E-state index is -0.508. The Hall–Kier alpha value is -2.15. The van der Waals surface area contributed by atoms with E-state index in [1.165, 1.54) is 19.2 Å². The number of nitrogens with zero attached hydrogens (tertiary/aromatic N) is 2. The molecule has 0 radical (unpaired) electrons. The second-order valence-electron chi connectivity index (χ2n) is 4.59. The van der Waals surface area contributed by atoms with E-state index in [2.05, 4.69) is 5.32 Å². The topological polar surface area (TPSA) is 84.7 Å². The van der Waals surface area contributed by atoms with Crippen LogP contribution in [0.5, 0.6) is 5.75 Å². The molecule has 1 N–H and O–H groups in total. The molecule has 1 aliphatic rings. The molecule has 0 bridgehead atoms. The Balaban J connectivity index is 2.35. The van der Waals surface area contributed by atoms with Crippen LogP contribution in [0, 0.1) is 10.1 Å². The highest BCUT2D eigenvalue weighted by molar-refractivity contribution is 5.98. The number of methoxy groups -OCH3 is 1. The number of carbonyl (C=O) groups excluding carboxylic acids is 1. The third-order valence-corrected chi connectivity index (χ3v) is 3.46. The Morgan fingerprint density at radius 3 is 2.85 bits per heavy atom. The minimum absolute atomic E-state index is 0.0572. The third kappa shape index (κ3) is 2.57. The van der Waals surface area contributed by atoms with Crippen LogP contribution in [0.2, 0.25) is 0 Å². The maximum absolute atomic E-state index is 12.3. The Kier molecular flexibility index (Phi) is 4.19. The van der Waals surface area contributed by atoms with Gasteiger partial charge in [-0.15, -0.1) is 0 Å². The highest BCUT2D eigenvalue weighted by atomic mass is 16.6. The fourth-order valence-electron chi connectivity index (χ4n) is 2.39. The first kappa shape index (κ1) is 14.3. The number of ether oxygens (including phenoxy) is 1. The summed E-state index contributed by atoms with van der Waals surface area (Å²) in [5.74, 6) is 0.131. The molecule has 0 aromatic heterocycles. The first-order valence-electron chi connectivity index (χ1n) is 6.39. The van der Waals surface area contributed by atoms with Crippen molar-refractivity contribution in [2.45, 2.75) is 18.9 Å². The van der Waals surface area contributed by atoms with E-state index in [4.69, 9.17) is 4.74 Å². The molecule has 0 aliphatic carbocycles. The van der Waals surface area contributed by atoms with Gasteiger partial charge in [0.2, 0.25) is 5.91 Å². The van der Waals surface area contributed by atoms with Crippen molar-refractivity contribution in [1.29, 1.82) is 0 Å². The lowest BCUT2D eigenvalue weighted by Gasteiger charge is -2.32. The fraction of sp³-hybridized carbons (Fsp3) is 0.462. The van der Waals surface area contributed by atoms with Crippen LogP contribution in [0.25, 0.3) is 0 Å². The summed E-state index contributed by atoms with van der Waals surface area (Å²) in [5.41, 5.74) is 0.395. The Morgan fingerprint density at radius 1 is 1.50 bits per heavy atom. The van der Waals surface area contributed by atoms with Crippen LogP contribution in [0.4, 0.5) is 11.4 Å².